The van der Waals surface area contributed by atoms with Gasteiger partial charge in [0.15, 0.2) is 0 Å². The van der Waals surface area contributed by atoms with Gasteiger partial charge in [0.2, 0.25) is 0 Å². The first kappa shape index (κ1) is 15.2. The zero-order valence-electron chi connectivity index (χ0n) is 15.0. The Balaban J connectivity index is 1.80. The summed E-state index contributed by atoms with van der Waals surface area (Å²) in [5, 5.41) is 2.23. The standard InChI is InChI=1S/C24H16N4/c1-3-7-15(8-4-1)20-22(16-9-5-2-6-10-16)28-24-21-17-13-25-12-11-18(17)27-19(21)14-26-23(20)24/h1-14,27-28H. The van der Waals surface area contributed by atoms with Gasteiger partial charge in [-0.3, -0.25) is 9.97 Å². The van der Waals surface area contributed by atoms with E-state index in [0.29, 0.717) is 0 Å². The lowest BCUT2D eigenvalue weighted by atomic mass is 10.0. The number of fused-ring (bicyclic) bond motifs is 5. The first-order valence-corrected chi connectivity index (χ1v) is 9.27. The first-order chi connectivity index (χ1) is 13.9. The van der Waals surface area contributed by atoms with Crippen LogP contribution in [0.4, 0.5) is 0 Å². The van der Waals surface area contributed by atoms with Gasteiger partial charge in [-0.25, -0.2) is 0 Å². The highest BCUT2D eigenvalue weighted by atomic mass is 14.8. The Kier molecular flexibility index (Phi) is 3.14. The molecule has 0 saturated carbocycles. The zero-order valence-corrected chi connectivity index (χ0v) is 15.0. The highest BCUT2D eigenvalue weighted by Gasteiger charge is 2.19. The van der Waals surface area contributed by atoms with E-state index in [2.05, 4.69) is 63.5 Å². The minimum atomic E-state index is 0.974. The molecule has 0 atom stereocenters. The molecule has 132 valence electrons. The maximum absolute atomic E-state index is 4.84. The Hall–Kier alpha value is -3.92. The van der Waals surface area contributed by atoms with E-state index < -0.39 is 0 Å². The second-order valence-electron chi connectivity index (χ2n) is 6.92. The molecule has 4 heterocycles. The molecule has 4 aromatic heterocycles. The number of H-pyrrole nitrogens is 2. The summed E-state index contributed by atoms with van der Waals surface area (Å²) < 4.78 is 0. The SMILES string of the molecule is c1ccc(-c2[nH]c3c(ncc4[nH]c5ccncc5c43)c2-c2ccccc2)cc1. The largest absolute Gasteiger partial charge is 0.353 e. The number of hydrogen-bond acceptors (Lipinski definition) is 2. The molecular formula is C24H16N4. The Morgan fingerprint density at radius 2 is 1.43 bits per heavy atom. The van der Waals surface area contributed by atoms with Gasteiger partial charge in [0, 0.05) is 34.2 Å². The molecule has 2 N–H and O–H groups in total. The predicted molar refractivity (Wildman–Crippen MR) is 114 cm³/mol. The van der Waals surface area contributed by atoms with Crippen LogP contribution in [0.25, 0.3) is 55.2 Å². The number of hydrogen-bond donors (Lipinski definition) is 2. The Morgan fingerprint density at radius 3 is 2.21 bits per heavy atom. The minimum Gasteiger partial charge on any atom is -0.353 e. The number of rotatable bonds is 2. The van der Waals surface area contributed by atoms with Crippen molar-refractivity contribution < 1.29 is 0 Å². The fraction of sp³-hybridized carbons (Fsp3) is 0. The number of pyridine rings is 2. The quantitative estimate of drug-likeness (QED) is 0.402. The highest BCUT2D eigenvalue weighted by molar-refractivity contribution is 6.21. The molecule has 4 heteroatoms. The molecule has 6 aromatic rings. The van der Waals surface area contributed by atoms with Crippen molar-refractivity contribution in [3.05, 3.63) is 85.3 Å². The van der Waals surface area contributed by atoms with Gasteiger partial charge in [-0.05, 0) is 17.2 Å². The predicted octanol–water partition coefficient (Wildman–Crippen LogP) is 5.93. The summed E-state index contributed by atoms with van der Waals surface area (Å²) in [5.74, 6) is 0. The van der Waals surface area contributed by atoms with Gasteiger partial charge in [0.1, 0.15) is 0 Å². The molecule has 0 aliphatic carbocycles. The highest BCUT2D eigenvalue weighted by Crippen LogP contribution is 2.40. The molecule has 0 saturated heterocycles. The van der Waals surface area contributed by atoms with Crippen molar-refractivity contribution in [2.75, 3.05) is 0 Å². The number of nitrogens with zero attached hydrogens (tertiary/aromatic N) is 2. The lowest BCUT2D eigenvalue weighted by Gasteiger charge is -2.05. The number of aromatic nitrogens is 4. The molecule has 6 rings (SSSR count). The topological polar surface area (TPSA) is 57.4 Å². The third-order valence-corrected chi connectivity index (χ3v) is 5.30. The maximum atomic E-state index is 4.84. The van der Waals surface area contributed by atoms with E-state index in [9.17, 15) is 0 Å². The van der Waals surface area contributed by atoms with Crippen molar-refractivity contribution >= 4 is 32.8 Å². The van der Waals surface area contributed by atoms with Crippen LogP contribution < -0.4 is 0 Å². The van der Waals surface area contributed by atoms with E-state index in [4.69, 9.17) is 4.98 Å². The van der Waals surface area contributed by atoms with Crippen molar-refractivity contribution in [1.82, 2.24) is 19.9 Å². The fourth-order valence-electron chi connectivity index (χ4n) is 4.06. The van der Waals surface area contributed by atoms with E-state index in [1.54, 1.807) is 0 Å². The summed E-state index contributed by atoms with van der Waals surface area (Å²) in [6, 6.07) is 22.9. The smallest absolute Gasteiger partial charge is 0.0971 e. The molecule has 0 fully saturated rings. The minimum absolute atomic E-state index is 0.974. The van der Waals surface area contributed by atoms with Crippen molar-refractivity contribution in [3.63, 3.8) is 0 Å². The van der Waals surface area contributed by atoms with Crippen LogP contribution in [0.3, 0.4) is 0 Å². The first-order valence-electron chi connectivity index (χ1n) is 9.27. The monoisotopic (exact) mass is 360 g/mol. The van der Waals surface area contributed by atoms with Crippen molar-refractivity contribution in [3.8, 4) is 22.4 Å². The van der Waals surface area contributed by atoms with Crippen LogP contribution >= 0.6 is 0 Å². The van der Waals surface area contributed by atoms with Gasteiger partial charge >= 0.3 is 0 Å². The van der Waals surface area contributed by atoms with Crippen LogP contribution in [0.1, 0.15) is 0 Å². The van der Waals surface area contributed by atoms with Gasteiger partial charge in [0.25, 0.3) is 0 Å². The Labute approximate surface area is 160 Å². The molecule has 0 aliphatic rings. The van der Waals surface area contributed by atoms with Crippen molar-refractivity contribution in [2.24, 2.45) is 0 Å². The third kappa shape index (κ3) is 2.12. The molecule has 0 bridgehead atoms. The number of benzene rings is 2. The maximum Gasteiger partial charge on any atom is 0.0971 e. The second kappa shape index (κ2) is 5.79. The van der Waals surface area contributed by atoms with Crippen molar-refractivity contribution in [2.45, 2.75) is 0 Å². The lowest BCUT2D eigenvalue weighted by molar-refractivity contribution is 1.36. The van der Waals surface area contributed by atoms with Gasteiger partial charge in [-0.15, -0.1) is 0 Å². The molecule has 4 nitrogen and oxygen atoms in total. The second-order valence-corrected chi connectivity index (χ2v) is 6.92. The summed E-state index contributed by atoms with van der Waals surface area (Å²) in [6.45, 7) is 0. The average Bonchev–Trinajstić information content (AvgIpc) is 3.33. The van der Waals surface area contributed by atoms with E-state index in [0.717, 1.165) is 55.2 Å². The normalized spacial score (nSPS) is 11.6. The molecule has 0 radical (unpaired) electrons. The van der Waals surface area contributed by atoms with Crippen molar-refractivity contribution in [1.29, 1.82) is 0 Å². The molecule has 0 aliphatic heterocycles. The molecular weight excluding hydrogens is 344 g/mol. The van der Waals surface area contributed by atoms with Gasteiger partial charge in [-0.2, -0.15) is 0 Å². The lowest BCUT2D eigenvalue weighted by Crippen LogP contribution is -1.83. The average molecular weight is 360 g/mol. The van der Waals surface area contributed by atoms with E-state index >= 15 is 0 Å². The van der Waals surface area contributed by atoms with Gasteiger partial charge < -0.3 is 9.97 Å². The summed E-state index contributed by atoms with van der Waals surface area (Å²) in [4.78, 5) is 16.3. The number of nitrogens with one attached hydrogen (secondary N) is 2. The van der Waals surface area contributed by atoms with Crippen LogP contribution in [0, 0.1) is 0 Å². The summed E-state index contributed by atoms with van der Waals surface area (Å²) in [7, 11) is 0. The molecule has 0 unspecified atom stereocenters. The van der Waals surface area contributed by atoms with Gasteiger partial charge in [0.05, 0.1) is 28.4 Å². The summed E-state index contributed by atoms with van der Waals surface area (Å²) in [6.07, 6.45) is 5.65. The van der Waals surface area contributed by atoms with E-state index in [1.165, 1.54) is 0 Å². The van der Waals surface area contributed by atoms with Crippen LogP contribution in [0.5, 0.6) is 0 Å². The molecule has 0 spiro atoms. The van der Waals surface area contributed by atoms with Crippen LogP contribution in [-0.4, -0.2) is 19.9 Å². The van der Waals surface area contributed by atoms with Gasteiger partial charge in [-0.1, -0.05) is 60.7 Å². The fourth-order valence-corrected chi connectivity index (χ4v) is 4.06. The molecule has 28 heavy (non-hydrogen) atoms. The number of aromatic amines is 2. The van der Waals surface area contributed by atoms with E-state index in [-0.39, 0.29) is 0 Å². The molecule has 2 aromatic carbocycles. The summed E-state index contributed by atoms with van der Waals surface area (Å²) >= 11 is 0. The zero-order chi connectivity index (χ0) is 18.5. The van der Waals surface area contributed by atoms with Crippen LogP contribution in [-0.2, 0) is 0 Å². The Bertz CT molecular complexity index is 1440. The van der Waals surface area contributed by atoms with Crippen LogP contribution in [0.2, 0.25) is 0 Å². The summed E-state index contributed by atoms with van der Waals surface area (Å²) in [5.41, 5.74) is 8.59. The van der Waals surface area contributed by atoms with Crippen LogP contribution in [0.15, 0.2) is 85.3 Å². The third-order valence-electron chi connectivity index (χ3n) is 5.30. The van der Waals surface area contributed by atoms with E-state index in [1.807, 2.05) is 36.8 Å². The Morgan fingerprint density at radius 1 is 0.679 bits per heavy atom. The molecule has 0 amide bonds.